The van der Waals surface area contributed by atoms with Crippen LogP contribution >= 0.6 is 0 Å². The zero-order chi connectivity index (χ0) is 13.7. The number of rotatable bonds is 6. The largest absolute Gasteiger partial charge is 0.339 e. The second-order valence-corrected chi connectivity index (χ2v) is 4.72. The number of hydrogen-bond acceptors (Lipinski definition) is 5. The first-order chi connectivity index (χ1) is 9.22. The molecule has 5 heteroatoms. The third kappa shape index (κ3) is 3.38. The monoisotopic (exact) mass is 260 g/mol. The third-order valence-corrected chi connectivity index (χ3v) is 3.24. The molecule has 0 aliphatic heterocycles. The number of hydrogen-bond donors (Lipinski definition) is 1. The maximum Gasteiger partial charge on any atom is 0.231 e. The standard InChI is InChI=1S/C14H20N4O/c1-4-7-16-11(3)10(2)14-17-13(18-19-14)12-5-8-15-9-6-12/h5-6,8-11,16H,4,7H2,1-3H3. The lowest BCUT2D eigenvalue weighted by Crippen LogP contribution is -2.31. The maximum atomic E-state index is 5.36. The van der Waals surface area contributed by atoms with E-state index in [0.29, 0.717) is 17.8 Å². The van der Waals surface area contributed by atoms with E-state index in [-0.39, 0.29) is 5.92 Å². The molecule has 0 amide bonds. The zero-order valence-corrected chi connectivity index (χ0v) is 11.6. The quantitative estimate of drug-likeness (QED) is 0.865. The van der Waals surface area contributed by atoms with Gasteiger partial charge >= 0.3 is 0 Å². The zero-order valence-electron chi connectivity index (χ0n) is 11.6. The van der Waals surface area contributed by atoms with Gasteiger partial charge in [-0.05, 0) is 32.0 Å². The number of aromatic nitrogens is 3. The van der Waals surface area contributed by atoms with E-state index >= 15 is 0 Å². The molecule has 0 aliphatic rings. The van der Waals surface area contributed by atoms with Crippen molar-refractivity contribution in [1.82, 2.24) is 20.4 Å². The van der Waals surface area contributed by atoms with Crippen LogP contribution in [-0.2, 0) is 0 Å². The van der Waals surface area contributed by atoms with Gasteiger partial charge in [0.1, 0.15) is 0 Å². The first-order valence-electron chi connectivity index (χ1n) is 6.69. The molecule has 0 fully saturated rings. The van der Waals surface area contributed by atoms with Gasteiger partial charge in [-0.1, -0.05) is 19.0 Å². The molecule has 0 aromatic carbocycles. The molecule has 2 heterocycles. The van der Waals surface area contributed by atoms with Crippen LogP contribution in [0.15, 0.2) is 29.0 Å². The minimum Gasteiger partial charge on any atom is -0.339 e. The minimum atomic E-state index is 0.189. The third-order valence-electron chi connectivity index (χ3n) is 3.24. The van der Waals surface area contributed by atoms with E-state index in [0.717, 1.165) is 18.5 Å². The number of pyridine rings is 1. The van der Waals surface area contributed by atoms with Crippen molar-refractivity contribution in [3.63, 3.8) is 0 Å². The average molecular weight is 260 g/mol. The molecule has 19 heavy (non-hydrogen) atoms. The van der Waals surface area contributed by atoms with Crippen molar-refractivity contribution in [3.8, 4) is 11.4 Å². The Morgan fingerprint density at radius 2 is 2.00 bits per heavy atom. The van der Waals surface area contributed by atoms with Gasteiger partial charge in [0.05, 0.1) is 5.92 Å². The molecule has 0 saturated heterocycles. The highest BCUT2D eigenvalue weighted by atomic mass is 16.5. The fourth-order valence-electron chi connectivity index (χ4n) is 1.80. The Hall–Kier alpha value is -1.75. The summed E-state index contributed by atoms with van der Waals surface area (Å²) in [5.74, 6) is 1.48. The molecular weight excluding hydrogens is 240 g/mol. The summed E-state index contributed by atoms with van der Waals surface area (Å²) in [4.78, 5) is 8.44. The van der Waals surface area contributed by atoms with Gasteiger partial charge in [0.25, 0.3) is 0 Å². The van der Waals surface area contributed by atoms with Crippen molar-refractivity contribution in [2.24, 2.45) is 0 Å². The van der Waals surface area contributed by atoms with E-state index in [9.17, 15) is 0 Å². The van der Waals surface area contributed by atoms with Crippen molar-refractivity contribution in [3.05, 3.63) is 30.4 Å². The fraction of sp³-hybridized carbons (Fsp3) is 0.500. The summed E-state index contributed by atoms with van der Waals surface area (Å²) >= 11 is 0. The molecule has 0 saturated carbocycles. The van der Waals surface area contributed by atoms with Crippen molar-refractivity contribution in [2.45, 2.75) is 39.2 Å². The van der Waals surface area contributed by atoms with Gasteiger partial charge in [0, 0.05) is 24.0 Å². The average Bonchev–Trinajstić information content (AvgIpc) is 2.94. The Kier molecular flexibility index (Phi) is 4.63. The molecule has 2 aromatic rings. The molecule has 2 unspecified atom stereocenters. The van der Waals surface area contributed by atoms with E-state index in [4.69, 9.17) is 4.52 Å². The topological polar surface area (TPSA) is 63.8 Å². The molecule has 2 aromatic heterocycles. The number of nitrogens with zero attached hydrogens (tertiary/aromatic N) is 3. The number of nitrogens with one attached hydrogen (secondary N) is 1. The van der Waals surface area contributed by atoms with Gasteiger partial charge in [-0.15, -0.1) is 0 Å². The molecule has 5 nitrogen and oxygen atoms in total. The van der Waals surface area contributed by atoms with E-state index in [1.165, 1.54) is 0 Å². The summed E-state index contributed by atoms with van der Waals surface area (Å²) in [6, 6.07) is 4.06. The van der Waals surface area contributed by atoms with Crippen LogP contribution in [-0.4, -0.2) is 27.7 Å². The normalized spacial score (nSPS) is 14.3. The maximum absolute atomic E-state index is 5.36. The van der Waals surface area contributed by atoms with Gasteiger partial charge in [0.15, 0.2) is 0 Å². The molecular formula is C14H20N4O. The Bertz CT molecular complexity index is 497. The summed E-state index contributed by atoms with van der Waals surface area (Å²) in [6.07, 6.45) is 4.56. The van der Waals surface area contributed by atoms with Gasteiger partial charge < -0.3 is 9.84 Å². The van der Waals surface area contributed by atoms with E-state index < -0.39 is 0 Å². The highest BCUT2D eigenvalue weighted by Gasteiger charge is 2.20. The summed E-state index contributed by atoms with van der Waals surface area (Å²) in [6.45, 7) is 7.38. The summed E-state index contributed by atoms with van der Waals surface area (Å²) in [5.41, 5.74) is 0.923. The minimum absolute atomic E-state index is 0.189. The summed E-state index contributed by atoms with van der Waals surface area (Å²) in [7, 11) is 0. The Balaban J connectivity index is 2.08. The van der Waals surface area contributed by atoms with Gasteiger partial charge in [-0.3, -0.25) is 4.98 Å². The van der Waals surface area contributed by atoms with Crippen molar-refractivity contribution in [1.29, 1.82) is 0 Å². The molecule has 102 valence electrons. The van der Waals surface area contributed by atoms with E-state index in [1.54, 1.807) is 12.4 Å². The SMILES string of the molecule is CCCNC(C)C(C)c1nc(-c2ccncc2)no1. The molecule has 0 spiro atoms. The summed E-state index contributed by atoms with van der Waals surface area (Å²) < 4.78 is 5.36. The highest BCUT2D eigenvalue weighted by molar-refractivity contribution is 5.52. The first kappa shape index (κ1) is 13.7. The van der Waals surface area contributed by atoms with Crippen LogP contribution in [0.5, 0.6) is 0 Å². The Morgan fingerprint density at radius 3 is 2.68 bits per heavy atom. The lowest BCUT2D eigenvalue weighted by atomic mass is 10.0. The van der Waals surface area contributed by atoms with Crippen molar-refractivity contribution < 1.29 is 4.52 Å². The van der Waals surface area contributed by atoms with E-state index in [2.05, 4.69) is 41.2 Å². The van der Waals surface area contributed by atoms with Crippen LogP contribution in [0.25, 0.3) is 11.4 Å². The second kappa shape index (κ2) is 6.43. The molecule has 0 bridgehead atoms. The summed E-state index contributed by atoms with van der Waals surface area (Å²) in [5, 5.41) is 7.47. The first-order valence-corrected chi connectivity index (χ1v) is 6.69. The van der Waals surface area contributed by atoms with Crippen LogP contribution in [0.1, 0.15) is 39.0 Å². The highest BCUT2D eigenvalue weighted by Crippen LogP contribution is 2.21. The predicted octanol–water partition coefficient (Wildman–Crippen LogP) is 2.62. The van der Waals surface area contributed by atoms with Crippen LogP contribution in [0.3, 0.4) is 0 Å². The molecule has 2 rings (SSSR count). The van der Waals surface area contributed by atoms with Gasteiger partial charge in [-0.25, -0.2) is 0 Å². The smallest absolute Gasteiger partial charge is 0.231 e. The lowest BCUT2D eigenvalue weighted by molar-refractivity contribution is 0.331. The Morgan fingerprint density at radius 1 is 1.26 bits per heavy atom. The van der Waals surface area contributed by atoms with Crippen LogP contribution < -0.4 is 5.32 Å². The molecule has 2 atom stereocenters. The van der Waals surface area contributed by atoms with Crippen molar-refractivity contribution >= 4 is 0 Å². The lowest BCUT2D eigenvalue weighted by Gasteiger charge is -2.17. The van der Waals surface area contributed by atoms with Gasteiger partial charge in [-0.2, -0.15) is 4.98 Å². The fourth-order valence-corrected chi connectivity index (χ4v) is 1.80. The molecule has 1 N–H and O–H groups in total. The van der Waals surface area contributed by atoms with Crippen LogP contribution in [0.4, 0.5) is 0 Å². The molecule has 0 radical (unpaired) electrons. The van der Waals surface area contributed by atoms with Crippen LogP contribution in [0.2, 0.25) is 0 Å². The molecule has 0 aliphatic carbocycles. The van der Waals surface area contributed by atoms with E-state index in [1.807, 2.05) is 12.1 Å². The van der Waals surface area contributed by atoms with Crippen molar-refractivity contribution in [2.75, 3.05) is 6.54 Å². The Labute approximate surface area is 113 Å². The van der Waals surface area contributed by atoms with Gasteiger partial charge in [0.2, 0.25) is 11.7 Å². The predicted molar refractivity (Wildman–Crippen MR) is 73.7 cm³/mol. The van der Waals surface area contributed by atoms with Crippen LogP contribution in [0, 0.1) is 0 Å². The second-order valence-electron chi connectivity index (χ2n) is 4.72.